The van der Waals surface area contributed by atoms with Gasteiger partial charge >= 0.3 is 0 Å². The van der Waals surface area contributed by atoms with E-state index in [1.54, 1.807) is 29.7 Å². The number of methoxy groups -OCH3 is 2. The molecule has 0 saturated carbocycles. The number of fused-ring (bicyclic) bond motifs is 1. The molecular weight excluding hydrogens is 408 g/mol. The summed E-state index contributed by atoms with van der Waals surface area (Å²) < 4.78 is 13.8. The second kappa shape index (κ2) is 9.39. The maximum Gasteiger partial charge on any atom is 0.259 e. The van der Waals surface area contributed by atoms with Crippen molar-refractivity contribution in [2.45, 2.75) is 20.4 Å². The van der Waals surface area contributed by atoms with Crippen LogP contribution >= 0.6 is 12.2 Å². The van der Waals surface area contributed by atoms with Gasteiger partial charge in [-0.05, 0) is 38.2 Å². The summed E-state index contributed by atoms with van der Waals surface area (Å²) in [4.78, 5) is 21.4. The number of hydrogen-bond acceptors (Lipinski definition) is 9. The topological polar surface area (TPSA) is 120 Å². The molecule has 3 rings (SSSR count). The van der Waals surface area contributed by atoms with E-state index in [4.69, 9.17) is 21.7 Å². The van der Waals surface area contributed by atoms with Crippen molar-refractivity contribution in [1.29, 1.82) is 0 Å². The van der Waals surface area contributed by atoms with Gasteiger partial charge in [-0.25, -0.2) is 9.08 Å². The molecule has 0 atom stereocenters. The molecule has 0 aliphatic carbocycles. The Morgan fingerprint density at radius 2 is 1.83 bits per heavy atom. The highest BCUT2D eigenvalue weighted by Crippen LogP contribution is 2.29. The van der Waals surface area contributed by atoms with Crippen LogP contribution in [0, 0.1) is 4.77 Å². The zero-order valence-corrected chi connectivity index (χ0v) is 18.0. The van der Waals surface area contributed by atoms with Gasteiger partial charge in [-0.2, -0.15) is 9.97 Å². The molecular formula is C18H24N8O3S. The fourth-order valence-electron chi connectivity index (χ4n) is 2.79. The van der Waals surface area contributed by atoms with Crippen molar-refractivity contribution in [3.8, 4) is 11.5 Å². The number of ether oxygens (including phenoxy) is 2. The lowest BCUT2D eigenvalue weighted by Gasteiger charge is -2.10. The molecule has 0 aliphatic heterocycles. The largest absolute Gasteiger partial charge is 0.493 e. The number of nitrogens with zero attached hydrogens (tertiary/aromatic N) is 5. The number of rotatable bonds is 9. The number of hydrogen-bond donors (Lipinski definition) is 3. The molecule has 1 aromatic carbocycles. The molecule has 2 aromatic heterocycles. The van der Waals surface area contributed by atoms with Gasteiger partial charge in [-0.3, -0.25) is 4.79 Å². The number of aromatic nitrogens is 5. The predicted molar refractivity (Wildman–Crippen MR) is 116 cm³/mol. The summed E-state index contributed by atoms with van der Waals surface area (Å²) in [7, 11) is 3.08. The highest BCUT2D eigenvalue weighted by atomic mass is 32.1. The van der Waals surface area contributed by atoms with E-state index in [0.717, 1.165) is 0 Å². The third-order valence-corrected chi connectivity index (χ3v) is 4.48. The fraction of sp³-hybridized carbons (Fsp3) is 0.389. The van der Waals surface area contributed by atoms with Crippen LogP contribution in [0.1, 0.15) is 13.8 Å². The van der Waals surface area contributed by atoms with E-state index in [1.807, 2.05) is 13.8 Å². The molecule has 160 valence electrons. The summed E-state index contributed by atoms with van der Waals surface area (Å²) in [5.74, 6) is 2.08. The lowest BCUT2D eigenvalue weighted by atomic mass is 10.2. The molecule has 0 saturated heterocycles. The van der Waals surface area contributed by atoms with Crippen LogP contribution in [-0.2, 0) is 11.3 Å². The Morgan fingerprint density at radius 3 is 2.50 bits per heavy atom. The number of carbonyl (C=O) groups excluding carboxylic acids is 1. The summed E-state index contributed by atoms with van der Waals surface area (Å²) in [5, 5.41) is 13.4. The molecule has 0 fully saturated rings. The maximum atomic E-state index is 12.6. The molecule has 2 heterocycles. The Hall–Kier alpha value is -3.41. The Kier molecular flexibility index (Phi) is 6.67. The van der Waals surface area contributed by atoms with Crippen LogP contribution in [-0.4, -0.2) is 57.4 Å². The van der Waals surface area contributed by atoms with Crippen LogP contribution in [0.4, 0.5) is 17.6 Å². The summed E-state index contributed by atoms with van der Waals surface area (Å²) in [6.45, 7) is 5.12. The molecule has 0 aliphatic rings. The van der Waals surface area contributed by atoms with E-state index in [2.05, 4.69) is 31.0 Å². The molecule has 0 radical (unpaired) electrons. The van der Waals surface area contributed by atoms with Gasteiger partial charge in [0.1, 0.15) is 6.54 Å². The van der Waals surface area contributed by atoms with Crippen LogP contribution < -0.4 is 25.4 Å². The summed E-state index contributed by atoms with van der Waals surface area (Å²) in [6.07, 6.45) is 0. The van der Waals surface area contributed by atoms with Gasteiger partial charge in [-0.1, -0.05) is 0 Å². The fourth-order valence-corrected chi connectivity index (χ4v) is 3.07. The minimum absolute atomic E-state index is 0.0847. The van der Waals surface area contributed by atoms with E-state index >= 15 is 0 Å². The summed E-state index contributed by atoms with van der Waals surface area (Å²) in [6, 6.07) is 5.11. The Labute approximate surface area is 178 Å². The van der Waals surface area contributed by atoms with Gasteiger partial charge in [0.25, 0.3) is 5.78 Å². The number of amides is 1. The molecule has 0 unspecified atom stereocenters. The van der Waals surface area contributed by atoms with Gasteiger partial charge in [0.05, 0.1) is 14.2 Å². The Balaban J connectivity index is 1.86. The zero-order valence-electron chi connectivity index (χ0n) is 17.2. The van der Waals surface area contributed by atoms with Gasteiger partial charge in [-0.15, -0.1) is 5.10 Å². The van der Waals surface area contributed by atoms with E-state index in [0.29, 0.717) is 52.7 Å². The molecule has 0 spiro atoms. The third-order valence-electron chi connectivity index (χ3n) is 4.08. The third kappa shape index (κ3) is 4.43. The zero-order chi connectivity index (χ0) is 21.7. The molecule has 3 aromatic rings. The Morgan fingerprint density at radius 1 is 1.10 bits per heavy atom. The lowest BCUT2D eigenvalue weighted by Crippen LogP contribution is -2.19. The summed E-state index contributed by atoms with van der Waals surface area (Å²) >= 11 is 5.50. The minimum Gasteiger partial charge on any atom is -0.493 e. The summed E-state index contributed by atoms with van der Waals surface area (Å²) in [5.41, 5.74) is 0.565. The Bertz CT molecular complexity index is 1110. The molecule has 11 nitrogen and oxygen atoms in total. The molecule has 3 N–H and O–H groups in total. The van der Waals surface area contributed by atoms with Gasteiger partial charge in [0.2, 0.25) is 22.6 Å². The standard InChI is InChI=1S/C18H24N8O3S/c1-5-19-15-22-16(20-6-2)26-17(23-15)24-25(18(26)30)10-14(27)21-11-7-8-12(28-3)13(9-11)29-4/h7-9H,5-6,10H2,1-4H3,(H,21,27)(H2,19,20,22,23,24). The number of anilines is 3. The average molecular weight is 433 g/mol. The van der Waals surface area contributed by atoms with Crippen molar-refractivity contribution in [2.75, 3.05) is 43.3 Å². The highest BCUT2D eigenvalue weighted by molar-refractivity contribution is 7.71. The van der Waals surface area contributed by atoms with E-state index in [1.165, 1.54) is 11.8 Å². The molecule has 0 bridgehead atoms. The minimum atomic E-state index is -0.299. The molecule has 1 amide bonds. The first kappa shape index (κ1) is 21.3. The van der Waals surface area contributed by atoms with Crippen LogP contribution in [0.2, 0.25) is 0 Å². The van der Waals surface area contributed by atoms with Crippen molar-refractivity contribution < 1.29 is 14.3 Å². The molecule has 30 heavy (non-hydrogen) atoms. The van der Waals surface area contributed by atoms with E-state index < -0.39 is 0 Å². The first-order valence-electron chi connectivity index (χ1n) is 9.37. The number of benzene rings is 1. The van der Waals surface area contributed by atoms with Crippen molar-refractivity contribution in [3.05, 3.63) is 23.0 Å². The lowest BCUT2D eigenvalue weighted by molar-refractivity contribution is -0.116. The SMILES string of the molecule is CCNc1nc(NCC)n2c(=S)n(CC(=O)Nc3ccc(OC)c(OC)c3)nc2n1. The van der Waals surface area contributed by atoms with Crippen LogP contribution in [0.25, 0.3) is 5.78 Å². The van der Waals surface area contributed by atoms with Gasteiger partial charge in [0.15, 0.2) is 11.5 Å². The van der Waals surface area contributed by atoms with Crippen LogP contribution in [0.15, 0.2) is 18.2 Å². The molecule has 12 heteroatoms. The van der Waals surface area contributed by atoms with Gasteiger partial charge < -0.3 is 25.4 Å². The van der Waals surface area contributed by atoms with E-state index in [-0.39, 0.29) is 12.5 Å². The quantitative estimate of drug-likeness (QED) is 0.437. The second-order valence-electron chi connectivity index (χ2n) is 6.13. The van der Waals surface area contributed by atoms with Crippen molar-refractivity contribution in [2.24, 2.45) is 0 Å². The average Bonchev–Trinajstić information content (AvgIpc) is 3.03. The normalized spacial score (nSPS) is 10.7. The highest BCUT2D eigenvalue weighted by Gasteiger charge is 2.15. The first-order valence-corrected chi connectivity index (χ1v) is 9.78. The smallest absolute Gasteiger partial charge is 0.259 e. The van der Waals surface area contributed by atoms with Crippen molar-refractivity contribution in [3.63, 3.8) is 0 Å². The van der Waals surface area contributed by atoms with Crippen LogP contribution in [0.5, 0.6) is 11.5 Å². The van der Waals surface area contributed by atoms with E-state index in [9.17, 15) is 4.79 Å². The predicted octanol–water partition coefficient (Wildman–Crippen LogP) is 2.17. The first-order chi connectivity index (χ1) is 14.5. The second-order valence-corrected chi connectivity index (χ2v) is 6.49. The number of nitrogens with one attached hydrogen (secondary N) is 3. The van der Waals surface area contributed by atoms with Crippen LogP contribution in [0.3, 0.4) is 0 Å². The van der Waals surface area contributed by atoms with Crippen molar-refractivity contribution >= 4 is 41.5 Å². The number of carbonyl (C=O) groups is 1. The maximum absolute atomic E-state index is 12.6. The van der Waals surface area contributed by atoms with Crippen molar-refractivity contribution in [1.82, 2.24) is 24.1 Å². The van der Waals surface area contributed by atoms with Gasteiger partial charge in [0, 0.05) is 24.8 Å². The monoisotopic (exact) mass is 432 g/mol.